The zero-order valence-electron chi connectivity index (χ0n) is 8.33. The van der Waals surface area contributed by atoms with Gasteiger partial charge in [0.2, 0.25) is 0 Å². The van der Waals surface area contributed by atoms with Gasteiger partial charge in [0.15, 0.2) is 0 Å². The van der Waals surface area contributed by atoms with Gasteiger partial charge in [-0.15, -0.1) is 0 Å². The van der Waals surface area contributed by atoms with Crippen molar-refractivity contribution in [2.45, 2.75) is 13.5 Å². The molecule has 0 aliphatic rings. The number of ether oxygens (including phenoxy) is 1. The molecule has 4 nitrogen and oxygen atoms in total. The number of hydrazine groups is 1. The molecule has 2 N–H and O–H groups in total. The molecule has 1 aromatic carbocycles. The molecule has 1 rings (SSSR count). The first-order chi connectivity index (χ1) is 6.72. The van der Waals surface area contributed by atoms with Gasteiger partial charge >= 0.3 is 5.97 Å². The zero-order valence-corrected chi connectivity index (χ0v) is 8.33. The Morgan fingerprint density at radius 1 is 1.36 bits per heavy atom. The standard InChI is InChI=1S/C10H14N2O2/c1-8(13)14-7-9-3-5-10(6-4-9)12-11-2/h3-6,11-12H,7H2,1-2H3. The molecule has 0 bridgehead atoms. The van der Waals surface area contributed by atoms with E-state index in [1.165, 1.54) is 6.92 Å². The molecule has 14 heavy (non-hydrogen) atoms. The molecule has 0 atom stereocenters. The summed E-state index contributed by atoms with van der Waals surface area (Å²) in [5, 5.41) is 0. The van der Waals surface area contributed by atoms with Crippen molar-refractivity contribution in [3.63, 3.8) is 0 Å². The van der Waals surface area contributed by atoms with Crippen LogP contribution in [-0.2, 0) is 16.1 Å². The van der Waals surface area contributed by atoms with Crippen LogP contribution in [0.1, 0.15) is 12.5 Å². The van der Waals surface area contributed by atoms with E-state index in [4.69, 9.17) is 4.74 Å². The van der Waals surface area contributed by atoms with E-state index in [9.17, 15) is 4.79 Å². The van der Waals surface area contributed by atoms with Crippen LogP contribution in [0.4, 0.5) is 5.69 Å². The van der Waals surface area contributed by atoms with E-state index in [1.54, 1.807) is 7.05 Å². The summed E-state index contributed by atoms with van der Waals surface area (Å²) in [4.78, 5) is 10.5. The lowest BCUT2D eigenvalue weighted by atomic mass is 10.2. The predicted octanol–water partition coefficient (Wildman–Crippen LogP) is 1.30. The molecule has 4 heteroatoms. The van der Waals surface area contributed by atoms with Crippen molar-refractivity contribution in [2.24, 2.45) is 0 Å². The van der Waals surface area contributed by atoms with E-state index in [1.807, 2.05) is 24.3 Å². The van der Waals surface area contributed by atoms with Crippen LogP contribution >= 0.6 is 0 Å². The second kappa shape index (κ2) is 5.24. The lowest BCUT2D eigenvalue weighted by Crippen LogP contribution is -2.14. The Kier molecular flexibility index (Phi) is 3.94. The lowest BCUT2D eigenvalue weighted by Gasteiger charge is -2.05. The highest BCUT2D eigenvalue weighted by atomic mass is 16.5. The molecule has 0 aliphatic heterocycles. The van der Waals surface area contributed by atoms with E-state index >= 15 is 0 Å². The second-order valence-electron chi connectivity index (χ2n) is 2.85. The fourth-order valence-electron chi connectivity index (χ4n) is 1.01. The minimum atomic E-state index is -0.262. The summed E-state index contributed by atoms with van der Waals surface area (Å²) in [7, 11) is 1.80. The predicted molar refractivity (Wildman–Crippen MR) is 54.6 cm³/mol. The molecule has 0 amide bonds. The summed E-state index contributed by atoms with van der Waals surface area (Å²) in [6.07, 6.45) is 0. The van der Waals surface area contributed by atoms with Crippen LogP contribution in [0.3, 0.4) is 0 Å². The molecule has 0 heterocycles. The minimum absolute atomic E-state index is 0.262. The van der Waals surface area contributed by atoms with Crippen molar-refractivity contribution in [2.75, 3.05) is 12.5 Å². The van der Waals surface area contributed by atoms with Crippen molar-refractivity contribution < 1.29 is 9.53 Å². The maximum atomic E-state index is 10.5. The smallest absolute Gasteiger partial charge is 0.302 e. The van der Waals surface area contributed by atoms with E-state index in [0.717, 1.165) is 11.3 Å². The van der Waals surface area contributed by atoms with Gasteiger partial charge in [0.1, 0.15) is 6.61 Å². The van der Waals surface area contributed by atoms with Crippen LogP contribution in [-0.4, -0.2) is 13.0 Å². The Balaban J connectivity index is 2.50. The van der Waals surface area contributed by atoms with E-state index < -0.39 is 0 Å². The van der Waals surface area contributed by atoms with Crippen LogP contribution in [0, 0.1) is 0 Å². The number of esters is 1. The summed E-state index contributed by atoms with van der Waals surface area (Å²) in [6, 6.07) is 7.63. The van der Waals surface area contributed by atoms with Gasteiger partial charge in [-0.25, -0.2) is 5.43 Å². The van der Waals surface area contributed by atoms with Crippen molar-refractivity contribution >= 4 is 11.7 Å². The number of hydrogen-bond donors (Lipinski definition) is 2. The van der Waals surface area contributed by atoms with Crippen molar-refractivity contribution in [3.8, 4) is 0 Å². The summed E-state index contributed by atoms with van der Waals surface area (Å²) >= 11 is 0. The lowest BCUT2D eigenvalue weighted by molar-refractivity contribution is -0.142. The van der Waals surface area contributed by atoms with Crippen LogP contribution < -0.4 is 10.9 Å². The molecule has 0 saturated heterocycles. The third kappa shape index (κ3) is 3.45. The van der Waals surface area contributed by atoms with Crippen molar-refractivity contribution in [1.29, 1.82) is 0 Å². The topological polar surface area (TPSA) is 50.4 Å². The summed E-state index contributed by atoms with van der Waals surface area (Å²) in [5.41, 5.74) is 7.71. The highest BCUT2D eigenvalue weighted by molar-refractivity contribution is 5.65. The van der Waals surface area contributed by atoms with Gasteiger partial charge in [-0.3, -0.25) is 4.79 Å². The normalized spacial score (nSPS) is 9.57. The fraction of sp³-hybridized carbons (Fsp3) is 0.300. The van der Waals surface area contributed by atoms with Gasteiger partial charge in [0, 0.05) is 19.7 Å². The van der Waals surface area contributed by atoms with Gasteiger partial charge in [0.05, 0.1) is 0 Å². The van der Waals surface area contributed by atoms with Crippen LogP contribution in [0.25, 0.3) is 0 Å². The highest BCUT2D eigenvalue weighted by Gasteiger charge is 1.96. The molecule has 1 aromatic rings. The van der Waals surface area contributed by atoms with E-state index in [-0.39, 0.29) is 5.97 Å². The summed E-state index contributed by atoms with van der Waals surface area (Å²) < 4.78 is 4.85. The Morgan fingerprint density at radius 2 is 2.00 bits per heavy atom. The zero-order chi connectivity index (χ0) is 10.4. The van der Waals surface area contributed by atoms with Crippen molar-refractivity contribution in [1.82, 2.24) is 5.43 Å². The molecular formula is C10H14N2O2. The maximum Gasteiger partial charge on any atom is 0.302 e. The summed E-state index contributed by atoms with van der Waals surface area (Å²) in [5.74, 6) is -0.262. The molecular weight excluding hydrogens is 180 g/mol. The molecule has 0 spiro atoms. The molecule has 0 radical (unpaired) electrons. The van der Waals surface area contributed by atoms with Gasteiger partial charge < -0.3 is 10.2 Å². The third-order valence-corrected chi connectivity index (χ3v) is 1.67. The van der Waals surface area contributed by atoms with Crippen LogP contribution in [0.2, 0.25) is 0 Å². The van der Waals surface area contributed by atoms with E-state index in [2.05, 4.69) is 10.9 Å². The molecule has 0 aliphatic carbocycles. The van der Waals surface area contributed by atoms with Gasteiger partial charge in [0.25, 0.3) is 0 Å². The SMILES string of the molecule is CNNc1ccc(COC(C)=O)cc1. The minimum Gasteiger partial charge on any atom is -0.461 e. The average molecular weight is 194 g/mol. The molecule has 76 valence electrons. The quantitative estimate of drug-likeness (QED) is 0.560. The second-order valence-corrected chi connectivity index (χ2v) is 2.85. The van der Waals surface area contributed by atoms with Gasteiger partial charge in [-0.1, -0.05) is 12.1 Å². The Labute approximate surface area is 83.2 Å². The van der Waals surface area contributed by atoms with Crippen LogP contribution in [0.5, 0.6) is 0 Å². The van der Waals surface area contributed by atoms with Gasteiger partial charge in [-0.2, -0.15) is 0 Å². The first-order valence-corrected chi connectivity index (χ1v) is 4.37. The highest BCUT2D eigenvalue weighted by Crippen LogP contribution is 2.09. The largest absolute Gasteiger partial charge is 0.461 e. The first-order valence-electron chi connectivity index (χ1n) is 4.37. The molecule has 0 fully saturated rings. The number of carbonyl (C=O) groups is 1. The summed E-state index contributed by atoms with van der Waals surface area (Å²) in [6.45, 7) is 1.73. The number of anilines is 1. The number of nitrogens with one attached hydrogen (secondary N) is 2. The molecule has 0 aromatic heterocycles. The number of hydrogen-bond acceptors (Lipinski definition) is 4. The molecule has 0 saturated carbocycles. The third-order valence-electron chi connectivity index (χ3n) is 1.67. The average Bonchev–Trinajstić information content (AvgIpc) is 2.17. The Hall–Kier alpha value is -1.55. The van der Waals surface area contributed by atoms with E-state index in [0.29, 0.717) is 6.61 Å². The van der Waals surface area contributed by atoms with Crippen LogP contribution in [0.15, 0.2) is 24.3 Å². The fourth-order valence-corrected chi connectivity index (χ4v) is 1.01. The van der Waals surface area contributed by atoms with Gasteiger partial charge in [-0.05, 0) is 17.7 Å². The Morgan fingerprint density at radius 3 is 2.50 bits per heavy atom. The Bertz CT molecular complexity index is 295. The maximum absolute atomic E-state index is 10.5. The monoisotopic (exact) mass is 194 g/mol. The molecule has 0 unspecified atom stereocenters. The number of carbonyl (C=O) groups excluding carboxylic acids is 1. The number of rotatable bonds is 4. The first kappa shape index (κ1) is 10.5. The number of benzene rings is 1. The van der Waals surface area contributed by atoms with Crippen molar-refractivity contribution in [3.05, 3.63) is 29.8 Å².